The van der Waals surface area contributed by atoms with E-state index in [0.717, 1.165) is 12.8 Å². The molecule has 2 fully saturated rings. The maximum absolute atomic E-state index is 12.0. The van der Waals surface area contributed by atoms with Crippen molar-refractivity contribution in [3.63, 3.8) is 0 Å². The third kappa shape index (κ3) is 2.23. The summed E-state index contributed by atoms with van der Waals surface area (Å²) < 4.78 is 5.79. The molecule has 0 aromatic heterocycles. The Morgan fingerprint density at radius 3 is 2.53 bits per heavy atom. The Balaban J connectivity index is 2.00. The first kappa shape index (κ1) is 11.1. The van der Waals surface area contributed by atoms with E-state index in [1.807, 2.05) is 20.8 Å². The Morgan fingerprint density at radius 1 is 1.27 bits per heavy atom. The number of rotatable bonds is 1. The Kier molecular flexibility index (Phi) is 2.86. The summed E-state index contributed by atoms with van der Waals surface area (Å²) in [6.45, 7) is 5.84. The number of hydrogen-bond donors (Lipinski definition) is 1. The summed E-state index contributed by atoms with van der Waals surface area (Å²) in [5, 5.41) is 3.33. The van der Waals surface area contributed by atoms with Crippen LogP contribution in [0.15, 0.2) is 0 Å². The molecule has 0 aromatic rings. The molecule has 0 radical (unpaired) electrons. The third-order valence-electron chi connectivity index (χ3n) is 3.36. The average molecular weight is 211 g/mol. The number of hydrogen-bond acceptors (Lipinski definition) is 3. The third-order valence-corrected chi connectivity index (χ3v) is 3.36. The van der Waals surface area contributed by atoms with E-state index < -0.39 is 0 Å². The molecule has 3 nitrogen and oxygen atoms in total. The van der Waals surface area contributed by atoms with Gasteiger partial charge in [0.15, 0.2) is 12.0 Å². The number of carbonyl (C=O) groups is 1. The van der Waals surface area contributed by atoms with Crippen LogP contribution in [0.3, 0.4) is 0 Å². The first-order valence-electron chi connectivity index (χ1n) is 5.94. The highest BCUT2D eigenvalue weighted by atomic mass is 16.5. The molecule has 0 amide bonds. The van der Waals surface area contributed by atoms with Crippen LogP contribution in [0.2, 0.25) is 0 Å². The van der Waals surface area contributed by atoms with Crippen molar-refractivity contribution in [2.45, 2.75) is 64.8 Å². The first-order valence-corrected chi connectivity index (χ1v) is 5.94. The number of fused-ring (bicyclic) bond motifs is 1. The molecule has 1 aliphatic heterocycles. The monoisotopic (exact) mass is 211 g/mol. The highest BCUT2D eigenvalue weighted by Crippen LogP contribution is 2.29. The van der Waals surface area contributed by atoms with Gasteiger partial charge < -0.3 is 4.74 Å². The van der Waals surface area contributed by atoms with Crippen LogP contribution in [0.1, 0.15) is 46.5 Å². The average Bonchev–Trinajstić information content (AvgIpc) is 2.58. The molecule has 1 saturated heterocycles. The van der Waals surface area contributed by atoms with E-state index in [1.54, 1.807) is 0 Å². The van der Waals surface area contributed by atoms with Crippen LogP contribution in [0.4, 0.5) is 0 Å². The minimum Gasteiger partial charge on any atom is -0.351 e. The second-order valence-corrected chi connectivity index (χ2v) is 5.73. The predicted octanol–water partition coefficient (Wildman–Crippen LogP) is 1.86. The zero-order valence-corrected chi connectivity index (χ0v) is 9.88. The van der Waals surface area contributed by atoms with Crippen LogP contribution >= 0.6 is 0 Å². The molecule has 86 valence electrons. The maximum atomic E-state index is 12.0. The number of nitrogens with one attached hydrogen (secondary N) is 1. The van der Waals surface area contributed by atoms with E-state index in [4.69, 9.17) is 4.74 Å². The molecule has 3 unspecified atom stereocenters. The molecule has 15 heavy (non-hydrogen) atoms. The highest BCUT2D eigenvalue weighted by Gasteiger charge is 2.42. The summed E-state index contributed by atoms with van der Waals surface area (Å²) in [5.74, 6) is 0.178. The van der Waals surface area contributed by atoms with Gasteiger partial charge in [0.25, 0.3) is 0 Å². The van der Waals surface area contributed by atoms with E-state index in [-0.39, 0.29) is 23.5 Å². The minimum atomic E-state index is -0.363. The molecule has 3 heteroatoms. The van der Waals surface area contributed by atoms with Gasteiger partial charge in [-0.2, -0.15) is 0 Å². The molecule has 0 bridgehead atoms. The maximum Gasteiger partial charge on any atom is 0.181 e. The van der Waals surface area contributed by atoms with Gasteiger partial charge in [-0.3, -0.25) is 10.1 Å². The van der Waals surface area contributed by atoms with Crippen molar-refractivity contribution in [1.82, 2.24) is 5.32 Å². The van der Waals surface area contributed by atoms with Gasteiger partial charge in [0.2, 0.25) is 0 Å². The summed E-state index contributed by atoms with van der Waals surface area (Å²) in [6.07, 6.45) is 4.66. The summed E-state index contributed by atoms with van der Waals surface area (Å²) in [7, 11) is 0. The van der Waals surface area contributed by atoms with Crippen LogP contribution in [0.5, 0.6) is 0 Å². The van der Waals surface area contributed by atoms with Crippen molar-refractivity contribution < 1.29 is 9.53 Å². The van der Waals surface area contributed by atoms with Crippen molar-refractivity contribution in [2.75, 3.05) is 0 Å². The van der Waals surface area contributed by atoms with E-state index in [1.165, 1.54) is 12.8 Å². The summed E-state index contributed by atoms with van der Waals surface area (Å²) in [5.41, 5.74) is -0.314. The molecular formula is C12H21NO2. The molecule has 3 atom stereocenters. The smallest absolute Gasteiger partial charge is 0.181 e. The van der Waals surface area contributed by atoms with Crippen molar-refractivity contribution >= 4 is 5.78 Å². The van der Waals surface area contributed by atoms with Gasteiger partial charge >= 0.3 is 0 Å². The Bertz CT molecular complexity index is 243. The van der Waals surface area contributed by atoms with Crippen LogP contribution in [-0.2, 0) is 9.53 Å². The number of Topliss-reactive ketones (excluding diaryl/α,β-unsaturated/α-hetero) is 1. The minimum absolute atomic E-state index is 0.178. The van der Waals surface area contributed by atoms with Gasteiger partial charge in [-0.15, -0.1) is 0 Å². The Morgan fingerprint density at radius 2 is 1.93 bits per heavy atom. The molecule has 1 heterocycles. The van der Waals surface area contributed by atoms with Crippen LogP contribution in [-0.4, -0.2) is 24.2 Å². The summed E-state index contributed by atoms with van der Waals surface area (Å²) in [6, 6.07) is 0.412. The van der Waals surface area contributed by atoms with Crippen LogP contribution < -0.4 is 5.32 Å². The lowest BCUT2D eigenvalue weighted by molar-refractivity contribution is -0.138. The van der Waals surface area contributed by atoms with Crippen molar-refractivity contribution in [1.29, 1.82) is 0 Å². The van der Waals surface area contributed by atoms with Gasteiger partial charge in [0.05, 0.1) is 6.10 Å². The quantitative estimate of drug-likeness (QED) is 0.719. The lowest BCUT2D eigenvalue weighted by Crippen LogP contribution is -2.42. The molecule has 2 aliphatic rings. The zero-order valence-electron chi connectivity index (χ0n) is 9.88. The van der Waals surface area contributed by atoms with Gasteiger partial charge in [0.1, 0.15) is 0 Å². The molecule has 1 aliphatic carbocycles. The topological polar surface area (TPSA) is 38.3 Å². The SMILES string of the molecule is CC(C)(C)C(=O)C1NC2CCCCC2O1. The fraction of sp³-hybridized carbons (Fsp3) is 0.917. The van der Waals surface area contributed by atoms with Gasteiger partial charge in [0, 0.05) is 11.5 Å². The first-order chi connectivity index (χ1) is 6.98. The zero-order chi connectivity index (χ0) is 11.1. The number of ether oxygens (including phenoxy) is 1. The van der Waals surface area contributed by atoms with E-state index in [0.29, 0.717) is 6.04 Å². The second kappa shape index (κ2) is 3.87. The Labute approximate surface area is 91.6 Å². The lowest BCUT2D eigenvalue weighted by Gasteiger charge is -2.22. The van der Waals surface area contributed by atoms with E-state index in [2.05, 4.69) is 5.32 Å². The van der Waals surface area contributed by atoms with Crippen LogP contribution in [0.25, 0.3) is 0 Å². The largest absolute Gasteiger partial charge is 0.351 e. The van der Waals surface area contributed by atoms with Crippen LogP contribution in [0, 0.1) is 5.41 Å². The van der Waals surface area contributed by atoms with E-state index >= 15 is 0 Å². The van der Waals surface area contributed by atoms with Gasteiger partial charge in [-0.05, 0) is 12.8 Å². The molecule has 1 saturated carbocycles. The fourth-order valence-electron chi connectivity index (χ4n) is 2.39. The number of ketones is 1. The summed E-state index contributed by atoms with van der Waals surface area (Å²) in [4.78, 5) is 12.0. The predicted molar refractivity (Wildman–Crippen MR) is 58.5 cm³/mol. The van der Waals surface area contributed by atoms with Crippen molar-refractivity contribution in [2.24, 2.45) is 5.41 Å². The molecule has 2 rings (SSSR count). The second-order valence-electron chi connectivity index (χ2n) is 5.73. The fourth-order valence-corrected chi connectivity index (χ4v) is 2.39. The molecular weight excluding hydrogens is 190 g/mol. The van der Waals surface area contributed by atoms with E-state index in [9.17, 15) is 4.79 Å². The highest BCUT2D eigenvalue weighted by molar-refractivity contribution is 5.87. The summed E-state index contributed by atoms with van der Waals surface area (Å²) >= 11 is 0. The number of carbonyl (C=O) groups excluding carboxylic acids is 1. The Hall–Kier alpha value is -0.410. The lowest BCUT2D eigenvalue weighted by atomic mass is 9.89. The molecule has 0 spiro atoms. The molecule has 0 aromatic carbocycles. The van der Waals surface area contributed by atoms with Gasteiger partial charge in [-0.25, -0.2) is 0 Å². The molecule has 1 N–H and O–H groups in total. The van der Waals surface area contributed by atoms with Crippen molar-refractivity contribution in [3.8, 4) is 0 Å². The van der Waals surface area contributed by atoms with Gasteiger partial charge in [-0.1, -0.05) is 33.6 Å². The normalized spacial score (nSPS) is 36.3. The van der Waals surface area contributed by atoms with Crippen molar-refractivity contribution in [3.05, 3.63) is 0 Å². The standard InChI is InChI=1S/C12H21NO2/c1-12(2,3)10(14)11-13-8-6-4-5-7-9(8)15-11/h8-9,11,13H,4-7H2,1-3H3.